The van der Waals surface area contributed by atoms with Crippen LogP contribution in [0.2, 0.25) is 0 Å². The number of methoxy groups -OCH3 is 1. The molecule has 0 saturated heterocycles. The molecular formula is C12H28N2O2. The van der Waals surface area contributed by atoms with E-state index in [4.69, 9.17) is 4.74 Å². The van der Waals surface area contributed by atoms with E-state index < -0.39 is 0 Å². The summed E-state index contributed by atoms with van der Waals surface area (Å²) in [6.07, 6.45) is 0. The third-order valence-corrected chi connectivity index (χ3v) is 2.62. The second-order valence-electron chi connectivity index (χ2n) is 4.88. The lowest BCUT2D eigenvalue weighted by Crippen LogP contribution is -2.56. The molecule has 4 nitrogen and oxygen atoms in total. The first-order valence-electron chi connectivity index (χ1n) is 6.07. The summed E-state index contributed by atoms with van der Waals surface area (Å²) in [6, 6.07) is 0.373. The van der Waals surface area contributed by atoms with Gasteiger partial charge >= 0.3 is 0 Å². The van der Waals surface area contributed by atoms with Gasteiger partial charge < -0.3 is 15.2 Å². The molecule has 0 heterocycles. The standard InChI is InChI=1S/C12H28N2O2/c1-6-14(7-8-16-5)9-12(4,10-15)13-11(2)3/h11,13,15H,6-10H2,1-5H3. The lowest BCUT2D eigenvalue weighted by molar-refractivity contribution is 0.0934. The Morgan fingerprint density at radius 2 is 2.06 bits per heavy atom. The van der Waals surface area contributed by atoms with Crippen LogP contribution in [0, 0.1) is 0 Å². The molecule has 1 unspecified atom stereocenters. The number of rotatable bonds is 9. The van der Waals surface area contributed by atoms with E-state index >= 15 is 0 Å². The second kappa shape index (κ2) is 8.01. The molecule has 1 atom stereocenters. The lowest BCUT2D eigenvalue weighted by Gasteiger charge is -2.36. The van der Waals surface area contributed by atoms with Crippen LogP contribution in [0.1, 0.15) is 27.7 Å². The molecular weight excluding hydrogens is 204 g/mol. The van der Waals surface area contributed by atoms with Crippen LogP contribution in [0.25, 0.3) is 0 Å². The van der Waals surface area contributed by atoms with E-state index in [2.05, 4.69) is 37.9 Å². The van der Waals surface area contributed by atoms with Crippen molar-refractivity contribution < 1.29 is 9.84 Å². The molecule has 0 spiro atoms. The summed E-state index contributed by atoms with van der Waals surface area (Å²) in [5.41, 5.74) is -0.238. The first kappa shape index (κ1) is 15.8. The number of hydrogen-bond donors (Lipinski definition) is 2. The third-order valence-electron chi connectivity index (χ3n) is 2.62. The maximum absolute atomic E-state index is 9.48. The van der Waals surface area contributed by atoms with Crippen LogP contribution in [-0.4, -0.2) is 61.5 Å². The van der Waals surface area contributed by atoms with E-state index in [0.717, 1.165) is 26.2 Å². The SMILES string of the molecule is CCN(CCOC)CC(C)(CO)NC(C)C. The summed E-state index contributed by atoms with van der Waals surface area (Å²) in [4.78, 5) is 2.29. The summed E-state index contributed by atoms with van der Waals surface area (Å²) in [6.45, 7) is 12.0. The fourth-order valence-electron chi connectivity index (χ4n) is 1.90. The summed E-state index contributed by atoms with van der Waals surface area (Å²) < 4.78 is 5.08. The van der Waals surface area contributed by atoms with Crippen molar-refractivity contribution in [2.75, 3.05) is 40.0 Å². The summed E-state index contributed by atoms with van der Waals surface area (Å²) in [7, 11) is 1.71. The van der Waals surface area contributed by atoms with Gasteiger partial charge in [-0.25, -0.2) is 0 Å². The van der Waals surface area contributed by atoms with E-state index in [1.54, 1.807) is 7.11 Å². The number of aliphatic hydroxyl groups is 1. The van der Waals surface area contributed by atoms with Crippen LogP contribution in [0.5, 0.6) is 0 Å². The Balaban J connectivity index is 4.24. The number of ether oxygens (including phenoxy) is 1. The lowest BCUT2D eigenvalue weighted by atomic mass is 10.0. The van der Waals surface area contributed by atoms with Crippen molar-refractivity contribution in [3.05, 3.63) is 0 Å². The largest absolute Gasteiger partial charge is 0.394 e. The molecule has 0 aliphatic carbocycles. The number of aliphatic hydroxyl groups excluding tert-OH is 1. The maximum Gasteiger partial charge on any atom is 0.0623 e. The van der Waals surface area contributed by atoms with Crippen molar-refractivity contribution in [1.82, 2.24) is 10.2 Å². The quantitative estimate of drug-likeness (QED) is 0.614. The van der Waals surface area contributed by atoms with Crippen LogP contribution in [0.4, 0.5) is 0 Å². The zero-order valence-corrected chi connectivity index (χ0v) is 11.4. The van der Waals surface area contributed by atoms with Crippen molar-refractivity contribution in [1.29, 1.82) is 0 Å². The van der Waals surface area contributed by atoms with Gasteiger partial charge in [0.25, 0.3) is 0 Å². The Morgan fingerprint density at radius 1 is 1.44 bits per heavy atom. The maximum atomic E-state index is 9.48. The highest BCUT2D eigenvalue weighted by Gasteiger charge is 2.26. The molecule has 2 N–H and O–H groups in total. The van der Waals surface area contributed by atoms with E-state index in [0.29, 0.717) is 6.04 Å². The van der Waals surface area contributed by atoms with Gasteiger partial charge in [0.1, 0.15) is 0 Å². The van der Waals surface area contributed by atoms with E-state index in [1.165, 1.54) is 0 Å². The van der Waals surface area contributed by atoms with Crippen LogP contribution in [0.3, 0.4) is 0 Å². The van der Waals surface area contributed by atoms with Gasteiger partial charge in [-0.1, -0.05) is 20.8 Å². The molecule has 16 heavy (non-hydrogen) atoms. The molecule has 0 aromatic carbocycles. The van der Waals surface area contributed by atoms with Gasteiger partial charge in [-0.3, -0.25) is 4.90 Å². The van der Waals surface area contributed by atoms with Crippen LogP contribution < -0.4 is 5.32 Å². The summed E-state index contributed by atoms with van der Waals surface area (Å²) in [5.74, 6) is 0. The zero-order chi connectivity index (χ0) is 12.6. The number of likely N-dealkylation sites (N-methyl/N-ethyl adjacent to an activating group) is 1. The second-order valence-corrected chi connectivity index (χ2v) is 4.88. The van der Waals surface area contributed by atoms with Gasteiger partial charge in [-0.15, -0.1) is 0 Å². The summed E-state index contributed by atoms with van der Waals surface area (Å²) in [5, 5.41) is 12.9. The number of nitrogens with zero attached hydrogens (tertiary/aromatic N) is 1. The Morgan fingerprint density at radius 3 is 2.44 bits per heavy atom. The molecule has 98 valence electrons. The smallest absolute Gasteiger partial charge is 0.0623 e. The van der Waals surface area contributed by atoms with Gasteiger partial charge in [-0.2, -0.15) is 0 Å². The molecule has 0 saturated carbocycles. The number of nitrogens with one attached hydrogen (secondary N) is 1. The Labute approximate surface area is 100.0 Å². The first-order valence-corrected chi connectivity index (χ1v) is 6.07. The van der Waals surface area contributed by atoms with E-state index in [-0.39, 0.29) is 12.1 Å². The molecule has 0 aromatic heterocycles. The Bertz CT molecular complexity index is 176. The van der Waals surface area contributed by atoms with Crippen molar-refractivity contribution >= 4 is 0 Å². The summed E-state index contributed by atoms with van der Waals surface area (Å²) >= 11 is 0. The van der Waals surface area contributed by atoms with Crippen LogP contribution in [0.15, 0.2) is 0 Å². The Kier molecular flexibility index (Phi) is 7.93. The molecule has 0 amide bonds. The minimum Gasteiger partial charge on any atom is -0.394 e. The molecule has 0 aromatic rings. The van der Waals surface area contributed by atoms with Crippen LogP contribution >= 0.6 is 0 Å². The molecule has 0 aliphatic rings. The molecule has 0 aliphatic heterocycles. The molecule has 0 radical (unpaired) electrons. The predicted molar refractivity (Wildman–Crippen MR) is 67.8 cm³/mol. The molecule has 0 bridgehead atoms. The minimum atomic E-state index is -0.238. The Hall–Kier alpha value is -0.160. The van der Waals surface area contributed by atoms with Gasteiger partial charge in [0.05, 0.1) is 18.8 Å². The van der Waals surface area contributed by atoms with Gasteiger partial charge in [0.2, 0.25) is 0 Å². The van der Waals surface area contributed by atoms with E-state index in [9.17, 15) is 5.11 Å². The highest BCUT2D eigenvalue weighted by Crippen LogP contribution is 2.07. The molecule has 0 rings (SSSR count). The monoisotopic (exact) mass is 232 g/mol. The zero-order valence-electron chi connectivity index (χ0n) is 11.4. The first-order chi connectivity index (χ1) is 7.47. The highest BCUT2D eigenvalue weighted by molar-refractivity contribution is 4.87. The predicted octanol–water partition coefficient (Wildman–Crippen LogP) is 0.704. The fourth-order valence-corrected chi connectivity index (χ4v) is 1.90. The average molecular weight is 232 g/mol. The fraction of sp³-hybridized carbons (Fsp3) is 1.00. The van der Waals surface area contributed by atoms with Gasteiger partial charge in [0.15, 0.2) is 0 Å². The van der Waals surface area contributed by atoms with Crippen LogP contribution in [-0.2, 0) is 4.74 Å². The van der Waals surface area contributed by atoms with Gasteiger partial charge in [0, 0.05) is 26.2 Å². The van der Waals surface area contributed by atoms with E-state index in [1.807, 2.05) is 0 Å². The third kappa shape index (κ3) is 6.43. The average Bonchev–Trinajstić information content (AvgIpc) is 2.23. The topological polar surface area (TPSA) is 44.7 Å². The normalized spacial score (nSPS) is 15.8. The number of hydrogen-bond acceptors (Lipinski definition) is 4. The van der Waals surface area contributed by atoms with Crippen molar-refractivity contribution in [2.45, 2.75) is 39.3 Å². The minimum absolute atomic E-state index is 0.147. The molecule has 4 heteroatoms. The van der Waals surface area contributed by atoms with Crippen molar-refractivity contribution in [3.8, 4) is 0 Å². The van der Waals surface area contributed by atoms with Crippen molar-refractivity contribution in [2.24, 2.45) is 0 Å². The van der Waals surface area contributed by atoms with Gasteiger partial charge in [-0.05, 0) is 13.5 Å². The highest BCUT2D eigenvalue weighted by atomic mass is 16.5. The van der Waals surface area contributed by atoms with Crippen molar-refractivity contribution in [3.63, 3.8) is 0 Å². The molecule has 0 fully saturated rings.